The molecule has 3 amide bonds. The van der Waals surface area contributed by atoms with E-state index in [-0.39, 0.29) is 12.5 Å². The first-order valence-electron chi connectivity index (χ1n) is 15.1. The standard InChI is InChI=1S/C35H34N8O4/c1-42(2)34(44)25-5-10-29(11-6-25)39-35(45)38-28-8-3-24(4-9-28)32-40-31-18-26(27-17-23(19-37-20-27)21-47-22-36)7-12-30(31)33(41-32)43-13-15-46-16-14-43/h3-12,17-20,22,36H,13-16,21H2,1-2H3,(H2,38,39,45). The average molecular weight is 631 g/mol. The lowest BCUT2D eigenvalue weighted by atomic mass is 10.0. The minimum atomic E-state index is -0.406. The number of carbonyl (C=O) groups excluding carboxylic acids is 2. The Morgan fingerprint density at radius 1 is 0.894 bits per heavy atom. The van der Waals surface area contributed by atoms with Crippen molar-refractivity contribution in [2.24, 2.45) is 0 Å². The number of anilines is 3. The van der Waals surface area contributed by atoms with Crippen molar-refractivity contribution in [3.05, 3.63) is 96.3 Å². The van der Waals surface area contributed by atoms with Gasteiger partial charge in [-0.1, -0.05) is 6.07 Å². The number of amides is 3. The van der Waals surface area contributed by atoms with Crippen LogP contribution in [0.5, 0.6) is 0 Å². The molecule has 0 bridgehead atoms. The summed E-state index contributed by atoms with van der Waals surface area (Å²) in [6.07, 6.45) is 4.44. The maximum absolute atomic E-state index is 12.7. The van der Waals surface area contributed by atoms with Gasteiger partial charge in [0.1, 0.15) is 12.4 Å². The molecule has 5 aromatic rings. The third-order valence-electron chi connectivity index (χ3n) is 7.65. The summed E-state index contributed by atoms with van der Waals surface area (Å²) in [4.78, 5) is 42.9. The Morgan fingerprint density at radius 2 is 1.57 bits per heavy atom. The van der Waals surface area contributed by atoms with E-state index in [0.717, 1.165) is 58.5 Å². The molecule has 6 rings (SSSR count). The molecular formula is C35H34N8O4. The van der Waals surface area contributed by atoms with Crippen LogP contribution in [-0.4, -0.2) is 78.6 Å². The van der Waals surface area contributed by atoms with E-state index in [1.807, 2.05) is 36.4 Å². The Bertz CT molecular complexity index is 1910. The summed E-state index contributed by atoms with van der Waals surface area (Å²) in [5.41, 5.74) is 6.01. The van der Waals surface area contributed by atoms with E-state index >= 15 is 0 Å². The predicted molar refractivity (Wildman–Crippen MR) is 182 cm³/mol. The van der Waals surface area contributed by atoms with Gasteiger partial charge in [0.25, 0.3) is 5.91 Å². The van der Waals surface area contributed by atoms with Crippen molar-refractivity contribution in [3.63, 3.8) is 0 Å². The number of aromatic nitrogens is 3. The molecule has 47 heavy (non-hydrogen) atoms. The molecule has 0 radical (unpaired) electrons. The fraction of sp³-hybridized carbons (Fsp3) is 0.200. The van der Waals surface area contributed by atoms with Crippen LogP contribution in [0.1, 0.15) is 15.9 Å². The summed E-state index contributed by atoms with van der Waals surface area (Å²) in [6, 6.07) is 21.8. The molecule has 3 N–H and O–H groups in total. The van der Waals surface area contributed by atoms with E-state index in [0.29, 0.717) is 36.0 Å². The first-order valence-corrected chi connectivity index (χ1v) is 15.1. The number of urea groups is 1. The molecular weight excluding hydrogens is 596 g/mol. The van der Waals surface area contributed by atoms with Gasteiger partial charge < -0.3 is 29.9 Å². The lowest BCUT2D eigenvalue weighted by molar-refractivity contribution is 0.0827. The zero-order valence-electron chi connectivity index (χ0n) is 26.1. The van der Waals surface area contributed by atoms with Crippen molar-refractivity contribution >= 4 is 46.4 Å². The summed E-state index contributed by atoms with van der Waals surface area (Å²) < 4.78 is 10.7. The number of nitrogens with zero attached hydrogens (tertiary/aromatic N) is 5. The molecule has 0 unspecified atom stereocenters. The molecule has 3 aromatic carbocycles. The zero-order chi connectivity index (χ0) is 32.8. The van der Waals surface area contributed by atoms with Crippen molar-refractivity contribution < 1.29 is 19.1 Å². The maximum atomic E-state index is 12.7. The summed E-state index contributed by atoms with van der Waals surface area (Å²) in [5.74, 6) is 1.29. The minimum absolute atomic E-state index is 0.109. The van der Waals surface area contributed by atoms with Crippen molar-refractivity contribution in [1.29, 1.82) is 5.41 Å². The summed E-state index contributed by atoms with van der Waals surface area (Å²) in [6.45, 7) is 2.95. The van der Waals surface area contributed by atoms with Crippen LogP contribution < -0.4 is 15.5 Å². The van der Waals surface area contributed by atoms with Crippen molar-refractivity contribution in [3.8, 4) is 22.5 Å². The van der Waals surface area contributed by atoms with Crippen LogP contribution >= 0.6 is 0 Å². The Kier molecular flexibility index (Phi) is 9.30. The molecule has 12 nitrogen and oxygen atoms in total. The predicted octanol–water partition coefficient (Wildman–Crippen LogP) is 5.66. The summed E-state index contributed by atoms with van der Waals surface area (Å²) >= 11 is 0. The maximum Gasteiger partial charge on any atom is 0.323 e. The third-order valence-corrected chi connectivity index (χ3v) is 7.65. The lowest BCUT2D eigenvalue weighted by Crippen LogP contribution is -2.37. The fourth-order valence-electron chi connectivity index (χ4n) is 5.25. The number of benzene rings is 3. The van der Waals surface area contributed by atoms with Gasteiger partial charge in [-0.15, -0.1) is 0 Å². The SMILES string of the molecule is CN(C)C(=O)c1ccc(NC(=O)Nc2ccc(-c3nc(N4CCOCC4)c4ccc(-c5cncc(COC=N)c5)cc4n3)cc2)cc1. The third kappa shape index (κ3) is 7.34. The molecule has 1 aliphatic heterocycles. The molecule has 0 spiro atoms. The monoisotopic (exact) mass is 630 g/mol. The molecule has 238 valence electrons. The number of nitrogens with one attached hydrogen (secondary N) is 3. The Balaban J connectivity index is 1.24. The highest BCUT2D eigenvalue weighted by Gasteiger charge is 2.19. The van der Waals surface area contributed by atoms with Crippen molar-refractivity contribution in [2.75, 3.05) is 55.9 Å². The van der Waals surface area contributed by atoms with Crippen LogP contribution in [0.2, 0.25) is 0 Å². The molecule has 0 aliphatic carbocycles. The second kappa shape index (κ2) is 14.0. The van der Waals surface area contributed by atoms with Crippen LogP contribution in [-0.2, 0) is 16.1 Å². The van der Waals surface area contributed by atoms with Gasteiger partial charge in [-0.05, 0) is 72.3 Å². The number of carbonyl (C=O) groups is 2. The molecule has 2 aromatic heterocycles. The van der Waals surface area contributed by atoms with Gasteiger partial charge in [-0.3, -0.25) is 15.2 Å². The number of rotatable bonds is 9. The van der Waals surface area contributed by atoms with Crippen LogP contribution in [0.15, 0.2) is 85.2 Å². The topological polar surface area (TPSA) is 146 Å². The number of ether oxygens (including phenoxy) is 2. The van der Waals surface area contributed by atoms with Crippen LogP contribution in [0.3, 0.4) is 0 Å². The van der Waals surface area contributed by atoms with Gasteiger partial charge in [0.15, 0.2) is 12.2 Å². The molecule has 1 saturated heterocycles. The molecule has 1 fully saturated rings. The van der Waals surface area contributed by atoms with E-state index < -0.39 is 6.03 Å². The van der Waals surface area contributed by atoms with Crippen LogP contribution in [0.4, 0.5) is 22.0 Å². The summed E-state index contributed by atoms with van der Waals surface area (Å²) in [5, 5.41) is 13.7. The van der Waals surface area contributed by atoms with Gasteiger partial charge in [0.2, 0.25) is 0 Å². The number of hydrogen-bond donors (Lipinski definition) is 3. The quantitative estimate of drug-likeness (QED) is 0.140. The largest absolute Gasteiger partial charge is 0.479 e. The zero-order valence-corrected chi connectivity index (χ0v) is 26.1. The van der Waals surface area contributed by atoms with E-state index in [9.17, 15) is 9.59 Å². The lowest BCUT2D eigenvalue weighted by Gasteiger charge is -2.29. The van der Waals surface area contributed by atoms with Gasteiger partial charge in [0.05, 0.1) is 18.7 Å². The van der Waals surface area contributed by atoms with Crippen LogP contribution in [0, 0.1) is 5.41 Å². The molecule has 3 heterocycles. The van der Waals surface area contributed by atoms with E-state index in [4.69, 9.17) is 24.9 Å². The highest BCUT2D eigenvalue weighted by Crippen LogP contribution is 2.32. The van der Waals surface area contributed by atoms with E-state index in [2.05, 4.69) is 20.5 Å². The molecule has 12 heteroatoms. The fourth-order valence-corrected chi connectivity index (χ4v) is 5.25. The Labute approximate surface area is 271 Å². The second-order valence-corrected chi connectivity index (χ2v) is 11.1. The Morgan fingerprint density at radius 3 is 2.26 bits per heavy atom. The number of hydrogen-bond acceptors (Lipinski definition) is 9. The van der Waals surface area contributed by atoms with E-state index in [1.54, 1.807) is 62.9 Å². The smallest absolute Gasteiger partial charge is 0.323 e. The van der Waals surface area contributed by atoms with Gasteiger partial charge >= 0.3 is 6.03 Å². The number of fused-ring (bicyclic) bond motifs is 1. The van der Waals surface area contributed by atoms with Gasteiger partial charge in [0, 0.05) is 78.6 Å². The minimum Gasteiger partial charge on any atom is -0.479 e. The number of pyridine rings is 1. The van der Waals surface area contributed by atoms with Crippen LogP contribution in [0.25, 0.3) is 33.4 Å². The normalized spacial score (nSPS) is 12.8. The molecule has 0 atom stereocenters. The first-order chi connectivity index (χ1) is 22.9. The summed E-state index contributed by atoms with van der Waals surface area (Å²) in [7, 11) is 3.38. The molecule has 0 saturated carbocycles. The van der Waals surface area contributed by atoms with Gasteiger partial charge in [-0.25, -0.2) is 14.8 Å². The first kappa shape index (κ1) is 31.1. The van der Waals surface area contributed by atoms with Crippen molar-refractivity contribution in [1.82, 2.24) is 19.9 Å². The van der Waals surface area contributed by atoms with Gasteiger partial charge in [-0.2, -0.15) is 0 Å². The molecule has 1 aliphatic rings. The number of morpholine rings is 1. The average Bonchev–Trinajstić information content (AvgIpc) is 3.10. The highest BCUT2D eigenvalue weighted by atomic mass is 16.5. The van der Waals surface area contributed by atoms with Crippen molar-refractivity contribution in [2.45, 2.75) is 6.61 Å². The van der Waals surface area contributed by atoms with E-state index in [1.165, 1.54) is 4.90 Å². The second-order valence-electron chi connectivity index (χ2n) is 11.1. The highest BCUT2D eigenvalue weighted by molar-refractivity contribution is 6.00. The Hall–Kier alpha value is -5.88.